The molecule has 0 atom stereocenters. The number of fused-ring (bicyclic) bond motifs is 1. The van der Waals surface area contributed by atoms with E-state index in [1.807, 2.05) is 72.8 Å². The molecule has 22 heavy (non-hydrogen) atoms. The second kappa shape index (κ2) is 6.68. The van der Waals surface area contributed by atoms with Crippen LogP contribution in [0.2, 0.25) is 0 Å². The molecule has 0 bridgehead atoms. The minimum Gasteiger partial charge on any atom is -0.267 e. The molecule has 0 heterocycles. The Morgan fingerprint density at radius 2 is 1.64 bits per heavy atom. The second-order valence-electron chi connectivity index (χ2n) is 5.00. The molecule has 0 aliphatic carbocycles. The largest absolute Gasteiger partial charge is 0.271 e. The minimum atomic E-state index is -0.199. The molecule has 0 fully saturated rings. The maximum absolute atomic E-state index is 12.1. The van der Waals surface area contributed by atoms with Crippen molar-refractivity contribution in [3.63, 3.8) is 0 Å². The van der Waals surface area contributed by atoms with Crippen LogP contribution in [0.1, 0.15) is 15.9 Å². The molecule has 3 heteroatoms. The molecule has 3 aromatic rings. The van der Waals surface area contributed by atoms with E-state index in [2.05, 4.69) is 10.5 Å². The van der Waals surface area contributed by atoms with Gasteiger partial charge >= 0.3 is 0 Å². The predicted molar refractivity (Wildman–Crippen MR) is 90.1 cm³/mol. The third-order valence-electron chi connectivity index (χ3n) is 3.44. The van der Waals surface area contributed by atoms with E-state index in [-0.39, 0.29) is 5.91 Å². The summed E-state index contributed by atoms with van der Waals surface area (Å²) in [6, 6.07) is 23.6. The lowest BCUT2D eigenvalue weighted by Gasteiger charge is -2.02. The number of hydrazone groups is 1. The molecular weight excluding hydrogens is 272 g/mol. The topological polar surface area (TPSA) is 41.5 Å². The number of carbonyl (C=O) groups is 1. The molecule has 0 aliphatic rings. The Morgan fingerprint density at radius 1 is 0.909 bits per heavy atom. The van der Waals surface area contributed by atoms with Crippen LogP contribution < -0.4 is 5.43 Å². The zero-order valence-corrected chi connectivity index (χ0v) is 12.1. The van der Waals surface area contributed by atoms with Gasteiger partial charge in [-0.1, -0.05) is 60.7 Å². The molecule has 0 aliphatic heterocycles. The normalized spacial score (nSPS) is 10.9. The lowest BCUT2D eigenvalue weighted by molar-refractivity contribution is 0.0955. The number of benzene rings is 3. The predicted octanol–water partition coefficient (Wildman–Crippen LogP) is 3.80. The zero-order chi connectivity index (χ0) is 15.2. The molecule has 0 unspecified atom stereocenters. The summed E-state index contributed by atoms with van der Waals surface area (Å²) >= 11 is 0. The van der Waals surface area contributed by atoms with Crippen molar-refractivity contribution in [1.29, 1.82) is 0 Å². The minimum absolute atomic E-state index is 0.199. The maximum Gasteiger partial charge on any atom is 0.271 e. The fourth-order valence-electron chi connectivity index (χ4n) is 2.26. The van der Waals surface area contributed by atoms with Crippen molar-refractivity contribution in [1.82, 2.24) is 5.43 Å². The standard InChI is InChI=1S/C19H16N2O/c22-19(21-20-13-12-15-6-2-1-3-7-15)18-11-10-16-8-4-5-9-17(16)14-18/h1-11,13-14H,12H2,(H,21,22). The van der Waals surface area contributed by atoms with Crippen molar-refractivity contribution in [2.45, 2.75) is 6.42 Å². The number of carbonyl (C=O) groups excluding carboxylic acids is 1. The first kappa shape index (κ1) is 14.0. The van der Waals surface area contributed by atoms with E-state index in [0.29, 0.717) is 12.0 Å². The van der Waals surface area contributed by atoms with Gasteiger partial charge in [0.15, 0.2) is 0 Å². The van der Waals surface area contributed by atoms with Crippen LogP contribution in [0.25, 0.3) is 10.8 Å². The second-order valence-corrected chi connectivity index (χ2v) is 5.00. The highest BCUT2D eigenvalue weighted by molar-refractivity contribution is 5.98. The van der Waals surface area contributed by atoms with Crippen molar-refractivity contribution in [3.05, 3.63) is 83.9 Å². The Labute approximate surface area is 129 Å². The number of nitrogens with zero attached hydrogens (tertiary/aromatic N) is 1. The molecule has 0 saturated heterocycles. The molecule has 3 nitrogen and oxygen atoms in total. The molecule has 1 N–H and O–H groups in total. The first-order valence-corrected chi connectivity index (χ1v) is 7.17. The number of hydrogen-bond acceptors (Lipinski definition) is 2. The van der Waals surface area contributed by atoms with E-state index in [1.54, 1.807) is 6.21 Å². The van der Waals surface area contributed by atoms with E-state index in [0.717, 1.165) is 16.3 Å². The molecule has 3 aromatic carbocycles. The summed E-state index contributed by atoms with van der Waals surface area (Å²) in [5, 5.41) is 6.16. The molecular formula is C19H16N2O. The molecule has 0 saturated carbocycles. The Bertz CT molecular complexity index is 810. The Hall–Kier alpha value is -2.94. The van der Waals surface area contributed by atoms with Crippen molar-refractivity contribution in [3.8, 4) is 0 Å². The molecule has 0 spiro atoms. The monoisotopic (exact) mass is 288 g/mol. The average molecular weight is 288 g/mol. The fraction of sp³-hybridized carbons (Fsp3) is 0.0526. The van der Waals surface area contributed by atoms with E-state index >= 15 is 0 Å². The van der Waals surface area contributed by atoms with E-state index < -0.39 is 0 Å². The van der Waals surface area contributed by atoms with Gasteiger partial charge in [0.1, 0.15) is 0 Å². The molecule has 0 aromatic heterocycles. The summed E-state index contributed by atoms with van der Waals surface area (Å²) < 4.78 is 0. The van der Waals surface area contributed by atoms with E-state index in [1.165, 1.54) is 0 Å². The zero-order valence-electron chi connectivity index (χ0n) is 12.1. The highest BCUT2D eigenvalue weighted by Crippen LogP contribution is 2.15. The van der Waals surface area contributed by atoms with Crippen molar-refractivity contribution in [2.24, 2.45) is 5.10 Å². The fourth-order valence-corrected chi connectivity index (χ4v) is 2.26. The maximum atomic E-state index is 12.1. The van der Waals surface area contributed by atoms with Gasteiger partial charge < -0.3 is 0 Å². The Kier molecular flexibility index (Phi) is 4.25. The molecule has 3 rings (SSSR count). The van der Waals surface area contributed by atoms with Crippen LogP contribution in [-0.4, -0.2) is 12.1 Å². The van der Waals surface area contributed by atoms with Crippen molar-refractivity contribution >= 4 is 22.9 Å². The quantitative estimate of drug-likeness (QED) is 0.576. The van der Waals surface area contributed by atoms with Gasteiger partial charge in [-0.2, -0.15) is 5.10 Å². The van der Waals surface area contributed by atoms with Crippen LogP contribution in [0.15, 0.2) is 77.9 Å². The van der Waals surface area contributed by atoms with Gasteiger partial charge in [-0.3, -0.25) is 4.79 Å². The van der Waals surface area contributed by atoms with E-state index in [9.17, 15) is 4.79 Å². The highest BCUT2D eigenvalue weighted by atomic mass is 16.2. The lowest BCUT2D eigenvalue weighted by Crippen LogP contribution is -2.17. The SMILES string of the molecule is O=C(NN=CCc1ccccc1)c1ccc2ccccc2c1. The van der Waals surface area contributed by atoms with Crippen LogP contribution >= 0.6 is 0 Å². The highest BCUT2D eigenvalue weighted by Gasteiger charge is 2.04. The number of nitrogens with one attached hydrogen (secondary N) is 1. The number of rotatable bonds is 4. The van der Waals surface area contributed by atoms with Crippen LogP contribution in [0, 0.1) is 0 Å². The lowest BCUT2D eigenvalue weighted by atomic mass is 10.1. The van der Waals surface area contributed by atoms with Crippen LogP contribution in [-0.2, 0) is 6.42 Å². The Balaban J connectivity index is 1.63. The van der Waals surface area contributed by atoms with Gasteiger partial charge in [0.25, 0.3) is 5.91 Å². The number of hydrogen-bond donors (Lipinski definition) is 1. The first-order chi connectivity index (χ1) is 10.8. The average Bonchev–Trinajstić information content (AvgIpc) is 2.59. The van der Waals surface area contributed by atoms with Gasteiger partial charge in [0.2, 0.25) is 0 Å². The van der Waals surface area contributed by atoms with Crippen LogP contribution in [0.3, 0.4) is 0 Å². The third-order valence-corrected chi connectivity index (χ3v) is 3.44. The van der Waals surface area contributed by atoms with E-state index in [4.69, 9.17) is 0 Å². The summed E-state index contributed by atoms with van der Waals surface area (Å²) in [6.45, 7) is 0. The molecule has 108 valence electrons. The van der Waals surface area contributed by atoms with Gasteiger partial charge in [-0.15, -0.1) is 0 Å². The first-order valence-electron chi connectivity index (χ1n) is 7.17. The summed E-state index contributed by atoms with van der Waals surface area (Å²) in [7, 11) is 0. The molecule has 0 radical (unpaired) electrons. The van der Waals surface area contributed by atoms with Gasteiger partial charge in [0.05, 0.1) is 0 Å². The smallest absolute Gasteiger partial charge is 0.267 e. The van der Waals surface area contributed by atoms with Crippen LogP contribution in [0.5, 0.6) is 0 Å². The van der Waals surface area contributed by atoms with Gasteiger partial charge in [-0.05, 0) is 28.5 Å². The summed E-state index contributed by atoms with van der Waals surface area (Å²) in [5.74, 6) is -0.199. The Morgan fingerprint density at radius 3 is 2.45 bits per heavy atom. The van der Waals surface area contributed by atoms with Crippen molar-refractivity contribution in [2.75, 3.05) is 0 Å². The van der Waals surface area contributed by atoms with Crippen molar-refractivity contribution < 1.29 is 4.79 Å². The third kappa shape index (κ3) is 3.38. The molecule has 1 amide bonds. The number of amides is 1. The summed E-state index contributed by atoms with van der Waals surface area (Å²) in [5.41, 5.74) is 4.33. The summed E-state index contributed by atoms with van der Waals surface area (Å²) in [4.78, 5) is 12.1. The van der Waals surface area contributed by atoms with Gasteiger partial charge in [-0.25, -0.2) is 5.43 Å². The van der Waals surface area contributed by atoms with Gasteiger partial charge in [0, 0.05) is 18.2 Å². The summed E-state index contributed by atoms with van der Waals surface area (Å²) in [6.07, 6.45) is 2.40. The van der Waals surface area contributed by atoms with Crippen LogP contribution in [0.4, 0.5) is 0 Å².